The monoisotopic (exact) mass is 568 g/mol. The Labute approximate surface area is 248 Å². The highest BCUT2D eigenvalue weighted by Crippen LogP contribution is 2.47. The molecule has 3 nitrogen and oxygen atoms in total. The third-order valence-corrected chi connectivity index (χ3v) is 11.9. The fraction of sp³-hybridized carbons (Fsp3) is 0. The average Bonchev–Trinajstić information content (AvgIpc) is 3.47. The summed E-state index contributed by atoms with van der Waals surface area (Å²) in [5.74, 6) is 0. The zero-order chi connectivity index (χ0) is 28.5. The minimum absolute atomic E-state index is 0.821. The molecule has 0 amide bonds. The van der Waals surface area contributed by atoms with Crippen LogP contribution >= 0.6 is 7.14 Å². The zero-order valence-electron chi connectivity index (χ0n) is 23.2. The summed E-state index contributed by atoms with van der Waals surface area (Å²) in [6.45, 7) is 0. The van der Waals surface area contributed by atoms with E-state index in [1.54, 1.807) is 0 Å². The lowest BCUT2D eigenvalue weighted by molar-refractivity contribution is 0.592. The smallest absolute Gasteiger partial charge is 0.171 e. The van der Waals surface area contributed by atoms with E-state index in [0.717, 1.165) is 65.0 Å². The normalized spacial score (nSPS) is 12.3. The molecular weight excluding hydrogens is 543 g/mol. The number of hydrogen-bond acceptors (Lipinski definition) is 2. The van der Waals surface area contributed by atoms with Gasteiger partial charge < -0.3 is 4.57 Å². The molecule has 0 saturated heterocycles. The van der Waals surface area contributed by atoms with Crippen molar-refractivity contribution in [3.63, 3.8) is 0 Å². The second-order valence-electron chi connectivity index (χ2n) is 11.1. The van der Waals surface area contributed by atoms with Gasteiger partial charge in [-0.25, -0.2) is 4.98 Å². The molecule has 0 N–H and O–H groups in total. The summed E-state index contributed by atoms with van der Waals surface area (Å²) in [4.78, 5) is 5.27. The van der Waals surface area contributed by atoms with E-state index in [9.17, 15) is 0 Å². The van der Waals surface area contributed by atoms with E-state index in [-0.39, 0.29) is 0 Å². The van der Waals surface area contributed by atoms with Crippen LogP contribution in [0.3, 0.4) is 0 Å². The number of pyridine rings is 1. The highest BCUT2D eigenvalue weighted by molar-refractivity contribution is 7.85. The molecule has 202 valence electrons. The van der Waals surface area contributed by atoms with Crippen molar-refractivity contribution in [3.8, 4) is 0 Å². The lowest BCUT2D eigenvalue weighted by Crippen LogP contribution is -2.25. The molecule has 2 heterocycles. The Morgan fingerprint density at radius 1 is 0.488 bits per heavy atom. The van der Waals surface area contributed by atoms with Crippen molar-refractivity contribution in [3.05, 3.63) is 152 Å². The molecule has 0 aliphatic rings. The number of nitrogens with zero attached hydrogens (tertiary/aromatic N) is 2. The maximum Gasteiger partial charge on any atom is 0.171 e. The van der Waals surface area contributed by atoms with Crippen LogP contribution in [0.5, 0.6) is 0 Å². The Kier molecular flexibility index (Phi) is 5.17. The fourth-order valence-electron chi connectivity index (χ4n) is 6.85. The first-order valence-electron chi connectivity index (χ1n) is 14.5. The predicted octanol–water partition coefficient (Wildman–Crippen LogP) is 8.74. The van der Waals surface area contributed by atoms with Gasteiger partial charge in [-0.2, -0.15) is 0 Å². The standard InChI is InChI=1S/C39H25N2OP/c42-43(29-15-3-1-4-16-29,30-17-5-2-6-18-30)36-21-11-14-26-22-23-31-32-24-27-12-7-8-13-28(27)25-35(32)41-34-20-10-9-19-33(34)40-39(41)38(31)37(26)36/h1-25H. The molecule has 9 rings (SSSR count). The molecular formula is C39H25N2OP. The van der Waals surface area contributed by atoms with Crippen LogP contribution in [0.25, 0.3) is 59.9 Å². The van der Waals surface area contributed by atoms with E-state index in [1.165, 1.54) is 10.8 Å². The van der Waals surface area contributed by atoms with E-state index >= 15 is 4.57 Å². The van der Waals surface area contributed by atoms with E-state index in [2.05, 4.69) is 83.3 Å². The number of fused-ring (bicyclic) bond motifs is 11. The Morgan fingerprint density at radius 3 is 1.86 bits per heavy atom. The van der Waals surface area contributed by atoms with Crippen molar-refractivity contribution >= 4 is 83.0 Å². The van der Waals surface area contributed by atoms with Gasteiger partial charge >= 0.3 is 0 Å². The molecule has 4 heteroatoms. The van der Waals surface area contributed by atoms with Crippen molar-refractivity contribution < 1.29 is 4.57 Å². The topological polar surface area (TPSA) is 34.4 Å². The molecule has 0 aliphatic heterocycles. The SMILES string of the molecule is O=P(c1ccccc1)(c1ccccc1)c1cccc2ccc3c4cc5ccccc5cc4n4c5ccccc5nc4c3c12. The summed E-state index contributed by atoms with van der Waals surface area (Å²) < 4.78 is 18.1. The summed E-state index contributed by atoms with van der Waals surface area (Å²) in [5, 5.41) is 10.2. The maximum atomic E-state index is 15.8. The molecule has 2 aromatic heterocycles. The average molecular weight is 569 g/mol. The Balaban J connectivity index is 1.56. The first-order chi connectivity index (χ1) is 21.2. The molecule has 9 aromatic rings. The van der Waals surface area contributed by atoms with Crippen LogP contribution in [-0.4, -0.2) is 9.38 Å². The fourth-order valence-corrected chi connectivity index (χ4v) is 9.74. The van der Waals surface area contributed by atoms with Crippen LogP contribution in [0.1, 0.15) is 0 Å². The number of imidazole rings is 1. The highest BCUT2D eigenvalue weighted by atomic mass is 31.2. The lowest BCUT2D eigenvalue weighted by atomic mass is 9.97. The third-order valence-electron chi connectivity index (χ3n) is 8.78. The van der Waals surface area contributed by atoms with Gasteiger partial charge in [-0.05, 0) is 45.8 Å². The highest BCUT2D eigenvalue weighted by Gasteiger charge is 2.32. The Morgan fingerprint density at radius 2 is 1.12 bits per heavy atom. The third kappa shape index (κ3) is 3.43. The van der Waals surface area contributed by atoms with E-state index in [4.69, 9.17) is 4.98 Å². The molecule has 0 saturated carbocycles. The molecule has 0 aliphatic carbocycles. The molecule has 0 unspecified atom stereocenters. The van der Waals surface area contributed by atoms with E-state index in [1.807, 2.05) is 72.8 Å². The zero-order valence-corrected chi connectivity index (χ0v) is 24.1. The second-order valence-corrected chi connectivity index (χ2v) is 13.9. The minimum Gasteiger partial charge on any atom is -0.309 e. The first kappa shape index (κ1) is 24.4. The van der Waals surface area contributed by atoms with Gasteiger partial charge in [-0.15, -0.1) is 0 Å². The second kappa shape index (κ2) is 9.13. The molecule has 0 fully saturated rings. The van der Waals surface area contributed by atoms with Crippen LogP contribution in [0.15, 0.2) is 152 Å². The van der Waals surface area contributed by atoms with Gasteiger partial charge in [-0.3, -0.25) is 4.40 Å². The quantitative estimate of drug-likeness (QED) is 0.121. The Hall–Kier alpha value is -5.24. The Bertz CT molecular complexity index is 2540. The molecule has 0 spiro atoms. The first-order valence-corrected chi connectivity index (χ1v) is 16.2. The van der Waals surface area contributed by atoms with Crippen molar-refractivity contribution in [2.75, 3.05) is 0 Å². The van der Waals surface area contributed by atoms with Crippen molar-refractivity contribution in [2.45, 2.75) is 0 Å². The summed E-state index contributed by atoms with van der Waals surface area (Å²) in [7, 11) is -3.28. The van der Waals surface area contributed by atoms with Gasteiger partial charge in [0.1, 0.15) is 5.65 Å². The predicted molar refractivity (Wildman–Crippen MR) is 182 cm³/mol. The van der Waals surface area contributed by atoms with Crippen LogP contribution in [0.2, 0.25) is 0 Å². The van der Waals surface area contributed by atoms with Crippen molar-refractivity contribution in [2.24, 2.45) is 0 Å². The van der Waals surface area contributed by atoms with Gasteiger partial charge in [0.15, 0.2) is 7.14 Å². The summed E-state index contributed by atoms with van der Waals surface area (Å²) in [5.41, 5.74) is 3.99. The molecule has 0 atom stereocenters. The van der Waals surface area contributed by atoms with Gasteiger partial charge in [0.2, 0.25) is 0 Å². The van der Waals surface area contributed by atoms with Gasteiger partial charge in [0.05, 0.1) is 16.6 Å². The minimum atomic E-state index is -3.28. The summed E-state index contributed by atoms with van der Waals surface area (Å²) in [6.07, 6.45) is 0. The molecule has 7 aromatic carbocycles. The number of rotatable bonds is 3. The van der Waals surface area contributed by atoms with Crippen LogP contribution in [0, 0.1) is 0 Å². The number of benzene rings is 7. The summed E-state index contributed by atoms with van der Waals surface area (Å²) >= 11 is 0. The van der Waals surface area contributed by atoms with E-state index < -0.39 is 7.14 Å². The van der Waals surface area contributed by atoms with Crippen LogP contribution in [-0.2, 0) is 4.57 Å². The van der Waals surface area contributed by atoms with E-state index in [0.29, 0.717) is 0 Å². The molecule has 0 radical (unpaired) electrons. The summed E-state index contributed by atoms with van der Waals surface area (Å²) in [6, 6.07) is 51.9. The number of hydrogen-bond donors (Lipinski definition) is 0. The van der Waals surface area contributed by atoms with Gasteiger partial charge in [0.25, 0.3) is 0 Å². The van der Waals surface area contributed by atoms with Crippen LogP contribution in [0.4, 0.5) is 0 Å². The largest absolute Gasteiger partial charge is 0.309 e. The van der Waals surface area contributed by atoms with Gasteiger partial charge in [-0.1, -0.05) is 127 Å². The maximum absolute atomic E-state index is 15.8. The number of aromatic nitrogens is 2. The van der Waals surface area contributed by atoms with Gasteiger partial charge in [0, 0.05) is 32.1 Å². The van der Waals surface area contributed by atoms with Crippen molar-refractivity contribution in [1.29, 1.82) is 0 Å². The number of para-hydroxylation sites is 2. The van der Waals surface area contributed by atoms with Crippen molar-refractivity contribution in [1.82, 2.24) is 9.38 Å². The molecule has 0 bridgehead atoms. The lowest BCUT2D eigenvalue weighted by Gasteiger charge is -2.23. The molecule has 43 heavy (non-hydrogen) atoms. The van der Waals surface area contributed by atoms with Crippen LogP contribution < -0.4 is 15.9 Å².